The van der Waals surface area contributed by atoms with Gasteiger partial charge in [0.2, 0.25) is 0 Å². The largest absolute Gasteiger partial charge is 4.00 e. The Balaban J connectivity index is -0.0000000322. The molecular weight excluding hydrogens is 579 g/mol. The summed E-state index contributed by atoms with van der Waals surface area (Å²) < 4.78 is 0. The third kappa shape index (κ3) is 98.9. The molecule has 0 aliphatic heterocycles. The van der Waals surface area contributed by atoms with Crippen LogP contribution in [-0.4, -0.2) is 115 Å². The maximum Gasteiger partial charge on any atom is 4.00 e. The summed E-state index contributed by atoms with van der Waals surface area (Å²) in [5.74, 6) is -4.33. The van der Waals surface area contributed by atoms with E-state index in [1.54, 1.807) is 0 Å². The van der Waals surface area contributed by atoms with Gasteiger partial charge in [-0.2, -0.15) is 0 Å². The van der Waals surface area contributed by atoms with Crippen molar-refractivity contribution >= 4 is 46.9 Å². The molecule has 0 amide bonds. The number of carbonyl (C=O) groups excluding carboxylic acids is 4. The molecule has 0 unspecified atom stereocenters. The molecule has 0 aromatic heterocycles. The number of rotatable bonds is 5. The molecule has 0 radical (unpaired) electrons. The summed E-state index contributed by atoms with van der Waals surface area (Å²) in [6.07, 6.45) is -6.39. The van der Waals surface area contributed by atoms with E-state index in [9.17, 15) is 0 Å². The first-order valence-electron chi connectivity index (χ1n) is 7.11. The summed E-state index contributed by atoms with van der Waals surface area (Å²) in [6.45, 7) is 2.44. The molecule has 18 heteroatoms. The van der Waals surface area contributed by atoms with Crippen LogP contribution in [0.25, 0.3) is 0 Å². The van der Waals surface area contributed by atoms with Gasteiger partial charge in [-0.15, -0.1) is 0 Å². The predicted molar refractivity (Wildman–Crippen MR) is 86.7 cm³/mol. The van der Waals surface area contributed by atoms with Crippen LogP contribution in [0.3, 0.4) is 0 Å². The van der Waals surface area contributed by atoms with E-state index in [0.29, 0.717) is 0 Å². The van der Waals surface area contributed by atoms with Crippen LogP contribution in [0.4, 0.5) is 0 Å². The van der Waals surface area contributed by atoms with Crippen molar-refractivity contribution in [2.45, 2.75) is 52.1 Å². The van der Waals surface area contributed by atoms with Crippen LogP contribution < -0.4 is 45.2 Å². The van der Waals surface area contributed by atoms with E-state index in [0.717, 1.165) is 27.7 Å². The van der Waals surface area contributed by atoms with Gasteiger partial charge in [0.15, 0.2) is 0 Å². The van der Waals surface area contributed by atoms with Crippen molar-refractivity contribution in [1.29, 1.82) is 0 Å². The molecule has 0 saturated heterocycles. The van der Waals surface area contributed by atoms with Crippen LogP contribution in [0.2, 0.25) is 0 Å². The average Bonchev–Trinajstić information content (AvgIpc) is 2.49. The maximum atomic E-state index is 8.96. The number of hydrogen-bond donors (Lipinski definition) is 6. The van der Waals surface area contributed by atoms with Crippen molar-refractivity contribution < 1.29 is 121 Å². The molecule has 186 valence electrons. The number of halogens is 2. The van der Waals surface area contributed by atoms with Crippen molar-refractivity contribution in [3.05, 3.63) is 0 Å². The number of aliphatic hydroxyl groups excluding tert-OH is 6. The molecule has 4 atom stereocenters. The van der Waals surface area contributed by atoms with Gasteiger partial charge in [0.25, 0.3) is 0 Å². The zero-order valence-electron chi connectivity index (χ0n) is 17.6. The van der Waals surface area contributed by atoms with Crippen molar-refractivity contribution in [2.75, 3.05) is 13.2 Å². The van der Waals surface area contributed by atoms with E-state index in [1.165, 1.54) is 0 Å². The second-order valence-corrected chi connectivity index (χ2v) is 4.45. The Bertz CT molecular complexity index is 356. The summed E-state index contributed by atoms with van der Waals surface area (Å²) in [6, 6.07) is 0. The van der Waals surface area contributed by atoms with E-state index < -0.39 is 61.5 Å². The third-order valence-corrected chi connectivity index (χ3v) is 1.51. The maximum absolute atomic E-state index is 8.96. The van der Waals surface area contributed by atoms with Crippen molar-refractivity contribution in [3.8, 4) is 0 Å². The minimum Gasteiger partial charge on any atom is -1.00 e. The van der Waals surface area contributed by atoms with Crippen LogP contribution in [-0.2, 0) is 45.4 Å². The summed E-state index contributed by atoms with van der Waals surface area (Å²) in [5, 5.41) is 87.7. The molecule has 0 bridgehead atoms. The first kappa shape index (κ1) is 58.1. The second-order valence-electron chi connectivity index (χ2n) is 4.45. The number of carboxylic acids is 4. The quantitative estimate of drug-likeness (QED) is 0.159. The second kappa shape index (κ2) is 41.2. The molecule has 6 N–H and O–H groups in total. The Kier molecular flexibility index (Phi) is 74.7. The number of carbonyl (C=O) groups is 4. The first-order valence-corrected chi connectivity index (χ1v) is 7.11. The zero-order chi connectivity index (χ0) is 24.0. The van der Waals surface area contributed by atoms with Gasteiger partial charge in [-0.05, 0) is 27.7 Å². The minimum absolute atomic E-state index is 0. The Morgan fingerprint density at radius 3 is 0.750 bits per heavy atom. The Labute approximate surface area is 232 Å². The van der Waals surface area contributed by atoms with Crippen LogP contribution >= 0.6 is 0 Å². The molecule has 14 nitrogen and oxygen atoms in total. The SMILES string of the molecule is CC(=O)[O-].CC(=O)[O-].CC(=O)[O-].CC(=O)[O-].OC[C@@H](O)[C@@H](O)[C@H](O)[C@@H](O)CO.[Cl-].[Cl-].[Mg+2].[Zr+4]. The first-order chi connectivity index (χ1) is 12.5. The molecule has 0 fully saturated rings. The standard InChI is InChI=1S/C6H14O6.4C2H4O2.2ClH.Mg.Zr/c7-1-3(9)5(11)6(12)4(10)2-8;4*1-2(3)4;;;;/h3-12H,1-2H2;4*1H3,(H,3,4);2*1H;;/q;;;;;;;+2;+4/p-6/t3-,4+,5-,6-;;;;;;;;/m1......../s1. The fourth-order valence-electron chi connectivity index (χ4n) is 0.671. The molecular formula is C14H26Cl2MgO14Zr. The van der Waals surface area contributed by atoms with E-state index in [-0.39, 0.29) is 74.1 Å². The third-order valence-electron chi connectivity index (χ3n) is 1.51. The predicted octanol–water partition coefficient (Wildman–Crippen LogP) is -14.9. The molecule has 0 aliphatic rings. The molecule has 0 heterocycles. The zero-order valence-corrected chi connectivity index (χ0v) is 23.0. The summed E-state index contributed by atoms with van der Waals surface area (Å²) >= 11 is 0. The molecule has 32 heavy (non-hydrogen) atoms. The van der Waals surface area contributed by atoms with Gasteiger partial charge in [0.05, 0.1) is 13.2 Å². The molecule has 0 aromatic rings. The minimum atomic E-state index is -1.67. The number of hydrogen-bond acceptors (Lipinski definition) is 14. The van der Waals surface area contributed by atoms with Gasteiger partial charge in [-0.25, -0.2) is 0 Å². The van der Waals surface area contributed by atoms with Crippen LogP contribution in [0.15, 0.2) is 0 Å². The monoisotopic (exact) mass is 602 g/mol. The Morgan fingerprint density at radius 2 is 0.688 bits per heavy atom. The number of aliphatic carboxylic acids is 4. The fourth-order valence-corrected chi connectivity index (χ4v) is 0.671. The van der Waals surface area contributed by atoms with Gasteiger partial charge in [0.1, 0.15) is 24.4 Å². The summed E-state index contributed by atoms with van der Waals surface area (Å²) in [5.41, 5.74) is 0. The van der Waals surface area contributed by atoms with E-state index in [4.69, 9.17) is 70.2 Å². The normalized spacial score (nSPS) is 11.2. The summed E-state index contributed by atoms with van der Waals surface area (Å²) in [7, 11) is 0. The topological polar surface area (TPSA) is 282 Å². The van der Waals surface area contributed by atoms with Gasteiger partial charge < -0.3 is 95.1 Å². The van der Waals surface area contributed by atoms with Crippen LogP contribution in [0.1, 0.15) is 27.7 Å². The smallest absolute Gasteiger partial charge is 1.00 e. The molecule has 0 spiro atoms. The average molecular weight is 605 g/mol. The van der Waals surface area contributed by atoms with Crippen molar-refractivity contribution in [1.82, 2.24) is 0 Å². The van der Waals surface area contributed by atoms with E-state index in [1.807, 2.05) is 0 Å². The van der Waals surface area contributed by atoms with Gasteiger partial charge in [-0.1, -0.05) is 0 Å². The van der Waals surface area contributed by atoms with Crippen LogP contribution in [0.5, 0.6) is 0 Å². The van der Waals surface area contributed by atoms with E-state index in [2.05, 4.69) is 0 Å². The van der Waals surface area contributed by atoms with Gasteiger partial charge in [0, 0.05) is 23.9 Å². The Morgan fingerprint density at radius 1 is 0.594 bits per heavy atom. The van der Waals surface area contributed by atoms with Crippen molar-refractivity contribution in [2.24, 2.45) is 0 Å². The van der Waals surface area contributed by atoms with Gasteiger partial charge >= 0.3 is 49.3 Å². The van der Waals surface area contributed by atoms with E-state index >= 15 is 0 Å². The molecule has 0 rings (SSSR count). The molecule has 0 aliphatic carbocycles. The fraction of sp³-hybridized carbons (Fsp3) is 0.714. The molecule has 0 saturated carbocycles. The Hall–Kier alpha value is -0.131. The van der Waals surface area contributed by atoms with Crippen molar-refractivity contribution in [3.63, 3.8) is 0 Å². The van der Waals surface area contributed by atoms with Gasteiger partial charge in [-0.3, -0.25) is 0 Å². The summed E-state index contributed by atoms with van der Waals surface area (Å²) in [4.78, 5) is 35.6. The number of aliphatic hydroxyl groups is 6. The number of carboxylic acid groups (broad SMARTS) is 4. The van der Waals surface area contributed by atoms with Crippen LogP contribution in [0, 0.1) is 0 Å². The molecule has 0 aromatic carbocycles.